The fraction of sp³-hybridized carbons (Fsp3) is 0.590. The van der Waals surface area contributed by atoms with E-state index in [2.05, 4.69) is 39.0 Å². The second-order valence-electron chi connectivity index (χ2n) is 12.3. The van der Waals surface area contributed by atoms with Crippen molar-refractivity contribution in [1.29, 1.82) is 0 Å². The number of nitrogens with one attached hydrogen (secondary N) is 4. The minimum Gasteiger partial charge on any atom is -0.425 e. The van der Waals surface area contributed by atoms with E-state index in [4.69, 9.17) is 52.2 Å². The molecule has 316 valence electrons. The van der Waals surface area contributed by atoms with Crippen molar-refractivity contribution < 1.29 is 61.6 Å². The predicted molar refractivity (Wildman–Crippen MR) is 211 cm³/mol. The fourth-order valence-electron chi connectivity index (χ4n) is 4.93. The Morgan fingerprint density at radius 3 is 1.40 bits per heavy atom. The van der Waals surface area contributed by atoms with E-state index in [1.807, 2.05) is 0 Å². The summed E-state index contributed by atoms with van der Waals surface area (Å²) < 4.78 is 48.8. The summed E-state index contributed by atoms with van der Waals surface area (Å²) in [5, 5.41) is 11.3. The summed E-state index contributed by atoms with van der Waals surface area (Å²) in [6, 6.07) is 5.67. The van der Waals surface area contributed by atoms with Gasteiger partial charge in [0.05, 0.1) is 59.5 Å². The summed E-state index contributed by atoms with van der Waals surface area (Å²) in [5.74, 6) is 5.39. The number of hydrogen-bond donors (Lipinski definition) is 5. The van der Waals surface area contributed by atoms with Crippen LogP contribution < -0.4 is 25.8 Å². The zero-order chi connectivity index (χ0) is 42.0. The van der Waals surface area contributed by atoms with Crippen molar-refractivity contribution in [1.82, 2.24) is 21.3 Å². The Balaban J connectivity index is 3.11. The van der Waals surface area contributed by atoms with E-state index in [1.165, 1.54) is 24.3 Å². The predicted octanol–water partition coefficient (Wildman–Crippen LogP) is 1.04. The van der Waals surface area contributed by atoms with Crippen LogP contribution in [0.25, 0.3) is 0 Å². The molecule has 0 radical (unpaired) electrons. The van der Waals surface area contributed by atoms with E-state index in [0.717, 1.165) is 6.66 Å². The van der Waals surface area contributed by atoms with Crippen LogP contribution in [0.4, 0.5) is 0 Å². The van der Waals surface area contributed by atoms with Crippen LogP contribution in [0.5, 0.6) is 5.75 Å². The molecule has 1 atom stereocenters. The maximum Gasteiger partial charge on any atom is 0.373 e. The van der Waals surface area contributed by atoms with Crippen molar-refractivity contribution >= 4 is 31.2 Å². The van der Waals surface area contributed by atoms with Gasteiger partial charge in [0.2, 0.25) is 17.7 Å². The highest BCUT2D eigenvalue weighted by Gasteiger charge is 2.34. The average Bonchev–Trinajstić information content (AvgIpc) is 3.17. The van der Waals surface area contributed by atoms with Gasteiger partial charge in [0.25, 0.3) is 5.91 Å². The first-order valence-electron chi connectivity index (χ1n) is 18.4. The lowest BCUT2D eigenvalue weighted by Crippen LogP contribution is -2.50. The lowest BCUT2D eigenvalue weighted by molar-refractivity contribution is -0.121. The van der Waals surface area contributed by atoms with Gasteiger partial charge in [-0.05, 0) is 37.5 Å². The molecule has 1 unspecified atom stereocenters. The van der Waals surface area contributed by atoms with Crippen LogP contribution in [0.15, 0.2) is 24.3 Å². The van der Waals surface area contributed by atoms with Gasteiger partial charge in [-0.3, -0.25) is 19.2 Å². The summed E-state index contributed by atoms with van der Waals surface area (Å²) in [6.45, 7) is 4.55. The number of ether oxygens (including phenoxy) is 6. The highest BCUT2D eigenvalue weighted by Crippen LogP contribution is 2.38. The number of terminal acetylenes is 3. The third-order valence-electron chi connectivity index (χ3n) is 7.62. The Kier molecular flexibility index (Phi) is 28.0. The van der Waals surface area contributed by atoms with Crippen LogP contribution in [-0.2, 0) is 47.4 Å². The van der Waals surface area contributed by atoms with Gasteiger partial charge < -0.3 is 59.1 Å². The topological polar surface area (TPSA) is 218 Å². The highest BCUT2D eigenvalue weighted by molar-refractivity contribution is 7.52. The highest BCUT2D eigenvalue weighted by atomic mass is 31.2. The quantitative estimate of drug-likeness (QED) is 0.0374. The zero-order valence-corrected chi connectivity index (χ0v) is 33.6. The molecule has 1 aromatic carbocycles. The number of benzene rings is 1. The Labute approximate surface area is 335 Å². The molecular weight excluding hydrogens is 763 g/mol. The number of carbonyl (C=O) groups is 4. The molecule has 0 spiro atoms. The second-order valence-corrected chi connectivity index (χ2v) is 14.1. The normalized spacial score (nSPS) is 11.9. The molecule has 0 bridgehead atoms. The maximum atomic E-state index is 13.8. The van der Waals surface area contributed by atoms with Crippen molar-refractivity contribution in [2.45, 2.75) is 44.1 Å². The van der Waals surface area contributed by atoms with E-state index in [9.17, 15) is 28.6 Å². The smallest absolute Gasteiger partial charge is 0.373 e. The molecule has 5 N–H and O–H groups in total. The van der Waals surface area contributed by atoms with E-state index in [-0.39, 0.29) is 147 Å². The second kappa shape index (κ2) is 31.6. The molecule has 0 saturated heterocycles. The lowest BCUT2D eigenvalue weighted by atomic mass is 9.82. The summed E-state index contributed by atoms with van der Waals surface area (Å²) in [4.78, 5) is 62.6. The largest absolute Gasteiger partial charge is 0.425 e. The molecule has 1 rings (SSSR count). The Morgan fingerprint density at radius 1 is 0.649 bits per heavy atom. The third kappa shape index (κ3) is 27.7. The lowest BCUT2D eigenvalue weighted by Gasteiger charge is -2.35. The number of hydrogen-bond acceptors (Lipinski definition) is 12. The van der Waals surface area contributed by atoms with Gasteiger partial charge in [0, 0.05) is 56.7 Å². The first-order chi connectivity index (χ1) is 27.4. The van der Waals surface area contributed by atoms with Gasteiger partial charge in [-0.1, -0.05) is 23.8 Å². The molecule has 17 nitrogen and oxygen atoms in total. The van der Waals surface area contributed by atoms with Gasteiger partial charge in [-0.15, -0.1) is 19.3 Å². The van der Waals surface area contributed by atoms with Crippen LogP contribution >= 0.6 is 7.60 Å². The Bertz CT molecular complexity index is 1400. The molecule has 0 heterocycles. The van der Waals surface area contributed by atoms with Gasteiger partial charge in [0.15, 0.2) is 0 Å². The molecular formula is C39H57N4O13P. The monoisotopic (exact) mass is 820 g/mol. The number of rotatable bonds is 34. The molecule has 0 aliphatic carbocycles. The molecule has 1 aromatic rings. The van der Waals surface area contributed by atoms with Gasteiger partial charge in [-0.25, -0.2) is 4.57 Å². The Morgan fingerprint density at radius 2 is 1.04 bits per heavy atom. The molecule has 0 aromatic heterocycles. The van der Waals surface area contributed by atoms with E-state index < -0.39 is 19.0 Å². The van der Waals surface area contributed by atoms with Crippen LogP contribution in [0, 0.1) is 37.0 Å². The van der Waals surface area contributed by atoms with Crippen molar-refractivity contribution in [3.63, 3.8) is 0 Å². The third-order valence-corrected chi connectivity index (χ3v) is 8.17. The van der Waals surface area contributed by atoms with Gasteiger partial charge in [0.1, 0.15) is 25.6 Å². The standard InChI is InChI=1S/C39H57N4O13P/c1-5-20-50-26-29-53-23-17-40-35(44)11-14-39(15-12-36(45)41-18-24-54-30-27-51-21-6-2,16-13-37(46)42-19-25-55-31-28-52-22-7-3)43-38(47)33-9-8-10-34(32-33)56-57(4,48)49/h1-3,8-10,32H,11-31H2,4H3,(H,40,44)(H,41,45)(H,42,46)(H,43,47)(H,48,49). The first-order valence-corrected chi connectivity index (χ1v) is 20.5. The molecule has 4 amide bonds. The minimum absolute atomic E-state index is 0.0146. The molecule has 0 fully saturated rings. The fourth-order valence-corrected chi connectivity index (χ4v) is 5.43. The molecule has 0 saturated carbocycles. The van der Waals surface area contributed by atoms with Crippen LogP contribution in [0.2, 0.25) is 0 Å². The average molecular weight is 821 g/mol. The Hall–Kier alpha value is -4.47. The molecule has 57 heavy (non-hydrogen) atoms. The molecule has 0 aliphatic heterocycles. The summed E-state index contributed by atoms with van der Waals surface area (Å²) >= 11 is 0. The SMILES string of the molecule is C#CCOCCOCCNC(=O)CCC(CCC(=O)NCCOCCOCC#C)(CCC(=O)NCCOCCOCC#C)NC(=O)c1cccc(OP(C)(=O)O)c1. The minimum atomic E-state index is -3.94. The van der Waals surface area contributed by atoms with Crippen molar-refractivity contribution in [3.8, 4) is 42.8 Å². The van der Waals surface area contributed by atoms with E-state index in [1.54, 1.807) is 0 Å². The van der Waals surface area contributed by atoms with Gasteiger partial charge in [-0.2, -0.15) is 0 Å². The van der Waals surface area contributed by atoms with Crippen molar-refractivity contribution in [3.05, 3.63) is 29.8 Å². The summed E-state index contributed by atoms with van der Waals surface area (Å²) in [5.41, 5.74) is -1.17. The molecule has 18 heteroatoms. The van der Waals surface area contributed by atoms with Crippen molar-refractivity contribution in [2.75, 3.05) is 106 Å². The van der Waals surface area contributed by atoms with Crippen LogP contribution in [0.1, 0.15) is 48.9 Å². The van der Waals surface area contributed by atoms with Crippen LogP contribution in [-0.4, -0.2) is 140 Å². The zero-order valence-electron chi connectivity index (χ0n) is 32.7. The van der Waals surface area contributed by atoms with Crippen molar-refractivity contribution in [2.24, 2.45) is 0 Å². The number of amides is 4. The number of carbonyl (C=O) groups excluding carboxylic acids is 4. The van der Waals surface area contributed by atoms with E-state index >= 15 is 0 Å². The van der Waals surface area contributed by atoms with Crippen LogP contribution in [0.3, 0.4) is 0 Å². The summed E-state index contributed by atoms with van der Waals surface area (Å²) in [7, 11) is -3.94. The summed E-state index contributed by atoms with van der Waals surface area (Å²) in [6.07, 6.45) is 15.4. The molecule has 0 aliphatic rings. The maximum absolute atomic E-state index is 13.8. The van der Waals surface area contributed by atoms with E-state index in [0.29, 0.717) is 19.8 Å². The van der Waals surface area contributed by atoms with Gasteiger partial charge >= 0.3 is 7.60 Å². The first kappa shape index (κ1) is 50.5.